The van der Waals surface area contributed by atoms with E-state index in [-0.39, 0.29) is 24.0 Å². The monoisotopic (exact) mass is 414 g/mol. The minimum Gasteiger partial charge on any atom is -0.356 e. The van der Waals surface area contributed by atoms with Crippen LogP contribution >= 0.6 is 24.0 Å². The fourth-order valence-electron chi connectivity index (χ4n) is 3.76. The number of guanidine groups is 1. The summed E-state index contributed by atoms with van der Waals surface area (Å²) < 4.78 is 0. The third-order valence-corrected chi connectivity index (χ3v) is 4.88. The molecule has 0 amide bonds. The predicted octanol–water partition coefficient (Wildman–Crippen LogP) is 2.94. The molecule has 2 unspecified atom stereocenters. The van der Waals surface area contributed by atoms with Crippen molar-refractivity contribution in [1.82, 2.24) is 15.2 Å². The first-order valence-electron chi connectivity index (χ1n) is 8.22. The number of nitrogens with zero attached hydrogens (tertiary/aromatic N) is 3. The van der Waals surface area contributed by atoms with E-state index >= 15 is 0 Å². The Balaban J connectivity index is 0.00000176. The Bertz CT molecular complexity index is 463. The Hall–Kier alpha value is -0.850. The Morgan fingerprint density at radius 3 is 2.59 bits per heavy atom. The van der Waals surface area contributed by atoms with Crippen molar-refractivity contribution in [3.63, 3.8) is 0 Å². The second-order valence-electron chi connectivity index (χ2n) is 6.25. The molecule has 122 valence electrons. The highest BCUT2D eigenvalue weighted by molar-refractivity contribution is 14.0. The summed E-state index contributed by atoms with van der Waals surface area (Å²) in [6.07, 6.45) is 8.45. The van der Waals surface area contributed by atoms with Crippen LogP contribution in [0.1, 0.15) is 31.4 Å². The van der Waals surface area contributed by atoms with Crippen LogP contribution < -0.4 is 5.32 Å². The SMILES string of the molecule is CN=C(NCCc1ccccn1)N1CC2CCCCC2C1.I. The summed E-state index contributed by atoms with van der Waals surface area (Å²) in [4.78, 5) is 11.3. The van der Waals surface area contributed by atoms with Gasteiger partial charge in [-0.3, -0.25) is 9.98 Å². The Labute approximate surface area is 150 Å². The fraction of sp³-hybridized carbons (Fsp3) is 0.647. The first-order valence-corrected chi connectivity index (χ1v) is 8.22. The van der Waals surface area contributed by atoms with Crippen molar-refractivity contribution < 1.29 is 0 Å². The molecule has 0 spiro atoms. The number of halogens is 1. The Morgan fingerprint density at radius 2 is 2.00 bits per heavy atom. The van der Waals surface area contributed by atoms with Gasteiger partial charge in [0.25, 0.3) is 0 Å². The van der Waals surface area contributed by atoms with Gasteiger partial charge in [-0.1, -0.05) is 18.9 Å². The normalized spacial score (nSPS) is 24.6. The number of fused-ring (bicyclic) bond motifs is 1. The largest absolute Gasteiger partial charge is 0.356 e. The van der Waals surface area contributed by atoms with E-state index in [4.69, 9.17) is 0 Å². The third-order valence-electron chi connectivity index (χ3n) is 4.88. The minimum atomic E-state index is 0. The first kappa shape index (κ1) is 17.5. The van der Waals surface area contributed by atoms with Crippen LogP contribution in [-0.4, -0.2) is 42.5 Å². The predicted molar refractivity (Wildman–Crippen MR) is 102 cm³/mol. The van der Waals surface area contributed by atoms with Gasteiger partial charge in [-0.15, -0.1) is 24.0 Å². The number of aromatic nitrogens is 1. The minimum absolute atomic E-state index is 0. The molecule has 1 aliphatic heterocycles. The number of rotatable bonds is 3. The molecule has 2 heterocycles. The van der Waals surface area contributed by atoms with Crippen LogP contribution in [0.5, 0.6) is 0 Å². The fourth-order valence-corrected chi connectivity index (χ4v) is 3.76. The summed E-state index contributed by atoms with van der Waals surface area (Å²) >= 11 is 0. The average Bonchev–Trinajstić information content (AvgIpc) is 2.96. The van der Waals surface area contributed by atoms with Crippen molar-refractivity contribution in [3.05, 3.63) is 30.1 Å². The van der Waals surface area contributed by atoms with Gasteiger partial charge in [0.15, 0.2) is 5.96 Å². The lowest BCUT2D eigenvalue weighted by molar-refractivity contribution is 0.299. The van der Waals surface area contributed by atoms with Gasteiger partial charge >= 0.3 is 0 Å². The maximum absolute atomic E-state index is 4.47. The number of hydrogen-bond donors (Lipinski definition) is 1. The van der Waals surface area contributed by atoms with Crippen molar-refractivity contribution in [1.29, 1.82) is 0 Å². The third kappa shape index (κ3) is 4.33. The number of hydrogen-bond acceptors (Lipinski definition) is 2. The molecule has 2 fully saturated rings. The quantitative estimate of drug-likeness (QED) is 0.470. The van der Waals surface area contributed by atoms with Gasteiger partial charge in [0.05, 0.1) is 0 Å². The van der Waals surface area contributed by atoms with Crippen molar-refractivity contribution in [2.45, 2.75) is 32.1 Å². The molecule has 0 radical (unpaired) electrons. The number of likely N-dealkylation sites (tertiary alicyclic amines) is 1. The van der Waals surface area contributed by atoms with Gasteiger partial charge in [-0.2, -0.15) is 0 Å². The average molecular weight is 414 g/mol. The van der Waals surface area contributed by atoms with Crippen molar-refractivity contribution in [2.24, 2.45) is 16.8 Å². The maximum atomic E-state index is 4.47. The number of pyridine rings is 1. The standard InChI is InChI=1S/C17H26N4.HI/c1-18-17(20-11-9-16-8-4-5-10-19-16)21-12-14-6-2-3-7-15(14)13-21;/h4-5,8,10,14-15H,2-3,6-7,9,11-13H2,1H3,(H,18,20);1H. The lowest BCUT2D eigenvalue weighted by atomic mass is 9.82. The van der Waals surface area contributed by atoms with Crippen LogP contribution in [0.25, 0.3) is 0 Å². The van der Waals surface area contributed by atoms with Gasteiger partial charge in [0.1, 0.15) is 0 Å². The van der Waals surface area contributed by atoms with Crippen molar-refractivity contribution >= 4 is 29.9 Å². The van der Waals surface area contributed by atoms with Gasteiger partial charge < -0.3 is 10.2 Å². The van der Waals surface area contributed by atoms with E-state index in [1.165, 1.54) is 38.8 Å². The van der Waals surface area contributed by atoms with Crippen LogP contribution in [0.4, 0.5) is 0 Å². The molecule has 1 N–H and O–H groups in total. The lowest BCUT2D eigenvalue weighted by Gasteiger charge is -2.22. The molecule has 1 aliphatic carbocycles. The van der Waals surface area contributed by atoms with E-state index in [2.05, 4.69) is 26.3 Å². The summed E-state index contributed by atoms with van der Waals surface area (Å²) in [6, 6.07) is 6.08. The Kier molecular flexibility index (Phi) is 6.92. The zero-order valence-electron chi connectivity index (χ0n) is 13.4. The molecule has 4 nitrogen and oxygen atoms in total. The highest BCUT2D eigenvalue weighted by Gasteiger charge is 2.35. The lowest BCUT2D eigenvalue weighted by Crippen LogP contribution is -2.41. The van der Waals surface area contributed by atoms with Gasteiger partial charge in [0.2, 0.25) is 0 Å². The summed E-state index contributed by atoms with van der Waals surface area (Å²) in [5.41, 5.74) is 1.13. The summed E-state index contributed by atoms with van der Waals surface area (Å²) in [6.45, 7) is 3.28. The maximum Gasteiger partial charge on any atom is 0.193 e. The van der Waals surface area contributed by atoms with Crippen LogP contribution in [-0.2, 0) is 6.42 Å². The molecule has 0 aromatic carbocycles. The van der Waals surface area contributed by atoms with E-state index in [1.807, 2.05) is 25.4 Å². The topological polar surface area (TPSA) is 40.5 Å². The Morgan fingerprint density at radius 1 is 1.27 bits per heavy atom. The second kappa shape index (κ2) is 8.70. The van der Waals surface area contributed by atoms with E-state index in [9.17, 15) is 0 Å². The second-order valence-corrected chi connectivity index (χ2v) is 6.25. The molecular formula is C17H27IN4. The van der Waals surface area contributed by atoms with Gasteiger partial charge in [0, 0.05) is 45.0 Å². The molecule has 1 aromatic heterocycles. The molecule has 1 saturated heterocycles. The van der Waals surface area contributed by atoms with Crippen molar-refractivity contribution in [2.75, 3.05) is 26.7 Å². The zero-order valence-corrected chi connectivity index (χ0v) is 15.7. The van der Waals surface area contributed by atoms with Crippen LogP contribution in [0.2, 0.25) is 0 Å². The number of aliphatic imine (C=N–C) groups is 1. The smallest absolute Gasteiger partial charge is 0.193 e. The summed E-state index contributed by atoms with van der Waals surface area (Å²) in [7, 11) is 1.89. The molecule has 2 atom stereocenters. The molecule has 2 aliphatic rings. The zero-order chi connectivity index (χ0) is 14.5. The van der Waals surface area contributed by atoms with Gasteiger partial charge in [-0.05, 0) is 36.8 Å². The molecule has 1 saturated carbocycles. The molecule has 3 rings (SSSR count). The molecule has 0 bridgehead atoms. The highest BCUT2D eigenvalue weighted by atomic mass is 127. The summed E-state index contributed by atoms with van der Waals surface area (Å²) in [5, 5.41) is 3.51. The molecule has 1 aromatic rings. The molecule has 5 heteroatoms. The van der Waals surface area contributed by atoms with Crippen molar-refractivity contribution in [3.8, 4) is 0 Å². The number of nitrogens with one attached hydrogen (secondary N) is 1. The van der Waals surface area contributed by atoms with E-state index in [0.29, 0.717) is 0 Å². The van der Waals surface area contributed by atoms with E-state index in [0.717, 1.165) is 36.5 Å². The van der Waals surface area contributed by atoms with Crippen LogP contribution in [0.15, 0.2) is 29.4 Å². The molecule has 22 heavy (non-hydrogen) atoms. The van der Waals surface area contributed by atoms with Crippen LogP contribution in [0.3, 0.4) is 0 Å². The van der Waals surface area contributed by atoms with E-state index < -0.39 is 0 Å². The molecular weight excluding hydrogens is 387 g/mol. The van der Waals surface area contributed by atoms with E-state index in [1.54, 1.807) is 0 Å². The first-order chi connectivity index (χ1) is 10.4. The summed E-state index contributed by atoms with van der Waals surface area (Å²) in [5.74, 6) is 2.86. The highest BCUT2D eigenvalue weighted by Crippen LogP contribution is 2.35. The van der Waals surface area contributed by atoms with Crippen LogP contribution in [0, 0.1) is 11.8 Å². The van der Waals surface area contributed by atoms with Gasteiger partial charge in [-0.25, -0.2) is 0 Å².